The molecule has 1 fully saturated rings. The Morgan fingerprint density at radius 2 is 1.88 bits per heavy atom. The predicted molar refractivity (Wildman–Crippen MR) is 90.6 cm³/mol. The van der Waals surface area contributed by atoms with Crippen molar-refractivity contribution in [2.45, 2.75) is 18.9 Å². The first kappa shape index (κ1) is 17.0. The maximum atomic E-state index is 13.1. The summed E-state index contributed by atoms with van der Waals surface area (Å²) < 4.78 is 18.6. The first-order chi connectivity index (χ1) is 12.1. The molecule has 1 heterocycles. The SMILES string of the molecule is CCC1(c2ccccc2)NC(=O)N(CCOc2cccc(F)c2)C1=O. The van der Waals surface area contributed by atoms with Crippen molar-refractivity contribution < 1.29 is 18.7 Å². The van der Waals surface area contributed by atoms with Crippen LogP contribution in [0.2, 0.25) is 0 Å². The molecule has 1 saturated heterocycles. The van der Waals surface area contributed by atoms with Gasteiger partial charge in [-0.05, 0) is 24.1 Å². The molecule has 3 amide bonds. The zero-order valence-corrected chi connectivity index (χ0v) is 13.9. The molecule has 0 radical (unpaired) electrons. The van der Waals surface area contributed by atoms with Crippen molar-refractivity contribution in [3.05, 3.63) is 66.0 Å². The van der Waals surface area contributed by atoms with Gasteiger partial charge in [0, 0.05) is 6.07 Å². The largest absolute Gasteiger partial charge is 0.492 e. The van der Waals surface area contributed by atoms with Gasteiger partial charge in [-0.25, -0.2) is 9.18 Å². The zero-order valence-electron chi connectivity index (χ0n) is 13.9. The summed E-state index contributed by atoms with van der Waals surface area (Å²) in [5.41, 5.74) is -0.290. The van der Waals surface area contributed by atoms with Gasteiger partial charge in [0.15, 0.2) is 0 Å². The van der Waals surface area contributed by atoms with Crippen LogP contribution < -0.4 is 10.1 Å². The van der Waals surface area contributed by atoms with E-state index in [1.165, 1.54) is 18.2 Å². The smallest absolute Gasteiger partial charge is 0.325 e. The third-order valence-electron chi connectivity index (χ3n) is 4.35. The van der Waals surface area contributed by atoms with Crippen molar-refractivity contribution in [3.8, 4) is 5.75 Å². The van der Waals surface area contributed by atoms with Gasteiger partial charge in [0.05, 0.1) is 6.54 Å². The van der Waals surface area contributed by atoms with Gasteiger partial charge in [0.25, 0.3) is 5.91 Å². The van der Waals surface area contributed by atoms with E-state index < -0.39 is 17.4 Å². The van der Waals surface area contributed by atoms with Crippen molar-refractivity contribution in [2.75, 3.05) is 13.2 Å². The van der Waals surface area contributed by atoms with E-state index in [4.69, 9.17) is 4.74 Å². The Morgan fingerprint density at radius 1 is 1.12 bits per heavy atom. The highest BCUT2D eigenvalue weighted by Crippen LogP contribution is 2.32. The fourth-order valence-electron chi connectivity index (χ4n) is 3.00. The van der Waals surface area contributed by atoms with Crippen molar-refractivity contribution in [1.82, 2.24) is 10.2 Å². The lowest BCUT2D eigenvalue weighted by atomic mass is 9.87. The van der Waals surface area contributed by atoms with E-state index >= 15 is 0 Å². The Balaban J connectivity index is 1.71. The standard InChI is InChI=1S/C19H19FN2O3/c1-2-19(14-7-4-3-5-8-14)17(23)22(18(24)21-19)11-12-25-16-10-6-9-15(20)13-16/h3-10,13H,2,11-12H2,1H3,(H,21,24). The molecule has 3 rings (SSSR count). The van der Waals surface area contributed by atoms with Gasteiger partial charge in [-0.2, -0.15) is 0 Å². The minimum absolute atomic E-state index is 0.0930. The summed E-state index contributed by atoms with van der Waals surface area (Å²) in [6, 6.07) is 14.5. The summed E-state index contributed by atoms with van der Waals surface area (Å²) in [4.78, 5) is 26.3. The van der Waals surface area contributed by atoms with Gasteiger partial charge < -0.3 is 10.1 Å². The average molecular weight is 342 g/mol. The highest BCUT2D eigenvalue weighted by molar-refractivity contribution is 6.07. The lowest BCUT2D eigenvalue weighted by Crippen LogP contribution is -2.43. The Hall–Kier alpha value is -2.89. The maximum Gasteiger partial charge on any atom is 0.325 e. The number of carbonyl (C=O) groups is 2. The number of rotatable bonds is 6. The van der Waals surface area contributed by atoms with Crippen LogP contribution in [0.5, 0.6) is 5.75 Å². The van der Waals surface area contributed by atoms with Crippen LogP contribution in [0.15, 0.2) is 54.6 Å². The number of hydrogen-bond acceptors (Lipinski definition) is 3. The van der Waals surface area contributed by atoms with Crippen LogP contribution in [0.4, 0.5) is 9.18 Å². The third kappa shape index (κ3) is 3.20. The average Bonchev–Trinajstić information content (AvgIpc) is 2.87. The molecule has 1 N–H and O–H groups in total. The Kier molecular flexibility index (Phi) is 4.70. The number of halogens is 1. The monoisotopic (exact) mass is 342 g/mol. The number of amides is 3. The Bertz CT molecular complexity index is 781. The molecule has 0 saturated carbocycles. The topological polar surface area (TPSA) is 58.6 Å². The Labute approximate surface area is 145 Å². The molecule has 0 aromatic heterocycles. The number of ether oxygens (including phenoxy) is 1. The van der Waals surface area contributed by atoms with Crippen molar-refractivity contribution in [3.63, 3.8) is 0 Å². The third-order valence-corrected chi connectivity index (χ3v) is 4.35. The van der Waals surface area contributed by atoms with E-state index in [2.05, 4.69) is 5.32 Å². The number of carbonyl (C=O) groups excluding carboxylic acids is 2. The molecule has 0 bridgehead atoms. The number of nitrogens with one attached hydrogen (secondary N) is 1. The molecule has 0 aliphatic carbocycles. The number of urea groups is 1. The molecule has 0 spiro atoms. The van der Waals surface area contributed by atoms with E-state index in [-0.39, 0.29) is 19.1 Å². The van der Waals surface area contributed by atoms with E-state index in [0.717, 1.165) is 10.5 Å². The fourth-order valence-corrected chi connectivity index (χ4v) is 3.00. The normalized spacial score (nSPS) is 19.8. The molecule has 6 heteroatoms. The van der Waals surface area contributed by atoms with Crippen LogP contribution in [0.25, 0.3) is 0 Å². The van der Waals surface area contributed by atoms with E-state index in [9.17, 15) is 14.0 Å². The van der Waals surface area contributed by atoms with Crippen LogP contribution in [-0.4, -0.2) is 30.0 Å². The van der Waals surface area contributed by atoms with Crippen molar-refractivity contribution in [2.24, 2.45) is 0 Å². The van der Waals surface area contributed by atoms with Crippen LogP contribution in [-0.2, 0) is 10.3 Å². The highest BCUT2D eigenvalue weighted by Gasteiger charge is 2.50. The number of imide groups is 1. The highest BCUT2D eigenvalue weighted by atomic mass is 19.1. The number of hydrogen-bond donors (Lipinski definition) is 1. The first-order valence-corrected chi connectivity index (χ1v) is 8.15. The molecule has 1 aliphatic heterocycles. The Morgan fingerprint density at radius 3 is 2.56 bits per heavy atom. The van der Waals surface area contributed by atoms with E-state index in [0.29, 0.717) is 12.2 Å². The molecular weight excluding hydrogens is 323 g/mol. The second-order valence-electron chi connectivity index (χ2n) is 5.82. The molecule has 2 aromatic rings. The van der Waals surface area contributed by atoms with E-state index in [1.54, 1.807) is 6.07 Å². The summed E-state index contributed by atoms with van der Waals surface area (Å²) in [7, 11) is 0. The molecule has 25 heavy (non-hydrogen) atoms. The van der Waals surface area contributed by atoms with Crippen LogP contribution in [0.3, 0.4) is 0 Å². The number of nitrogens with zero attached hydrogens (tertiary/aromatic N) is 1. The molecule has 1 unspecified atom stereocenters. The molecule has 2 aromatic carbocycles. The van der Waals surface area contributed by atoms with Gasteiger partial charge in [-0.3, -0.25) is 9.69 Å². The van der Waals surface area contributed by atoms with Gasteiger partial charge in [-0.1, -0.05) is 43.3 Å². The van der Waals surface area contributed by atoms with Crippen LogP contribution in [0, 0.1) is 5.82 Å². The molecular formula is C19H19FN2O3. The van der Waals surface area contributed by atoms with Crippen LogP contribution >= 0.6 is 0 Å². The van der Waals surface area contributed by atoms with Gasteiger partial charge in [-0.15, -0.1) is 0 Å². The van der Waals surface area contributed by atoms with Gasteiger partial charge in [0.2, 0.25) is 0 Å². The molecule has 5 nitrogen and oxygen atoms in total. The first-order valence-electron chi connectivity index (χ1n) is 8.15. The maximum absolute atomic E-state index is 13.1. The predicted octanol–water partition coefficient (Wildman–Crippen LogP) is 3.06. The van der Waals surface area contributed by atoms with Crippen molar-refractivity contribution in [1.29, 1.82) is 0 Å². The molecule has 1 atom stereocenters. The van der Waals surface area contributed by atoms with Gasteiger partial charge in [0.1, 0.15) is 23.7 Å². The van der Waals surface area contributed by atoms with E-state index in [1.807, 2.05) is 37.3 Å². The van der Waals surface area contributed by atoms with Crippen LogP contribution in [0.1, 0.15) is 18.9 Å². The minimum Gasteiger partial charge on any atom is -0.492 e. The van der Waals surface area contributed by atoms with Crippen molar-refractivity contribution >= 4 is 11.9 Å². The lowest BCUT2D eigenvalue weighted by molar-refractivity contribution is -0.132. The fraction of sp³-hybridized carbons (Fsp3) is 0.263. The summed E-state index contributed by atoms with van der Waals surface area (Å²) in [6.45, 7) is 2.05. The quantitative estimate of drug-likeness (QED) is 0.821. The lowest BCUT2D eigenvalue weighted by Gasteiger charge is -2.25. The molecule has 130 valence electrons. The number of benzene rings is 2. The van der Waals surface area contributed by atoms with Gasteiger partial charge >= 0.3 is 6.03 Å². The summed E-state index contributed by atoms with van der Waals surface area (Å²) in [5.74, 6) is -0.340. The second kappa shape index (κ2) is 6.93. The minimum atomic E-state index is -1.04. The summed E-state index contributed by atoms with van der Waals surface area (Å²) >= 11 is 0. The zero-order chi connectivity index (χ0) is 17.9. The summed E-state index contributed by atoms with van der Waals surface area (Å²) in [6.07, 6.45) is 0.447. The summed E-state index contributed by atoms with van der Waals surface area (Å²) in [5, 5.41) is 2.81. The second-order valence-corrected chi connectivity index (χ2v) is 5.82. The molecule has 1 aliphatic rings.